The summed E-state index contributed by atoms with van der Waals surface area (Å²) in [4.78, 5) is 30.7. The van der Waals surface area contributed by atoms with E-state index >= 15 is 0 Å². The van der Waals surface area contributed by atoms with Crippen molar-refractivity contribution < 1.29 is 14.3 Å². The number of ether oxygens (including phenoxy) is 1. The molecule has 0 aromatic rings. The maximum absolute atomic E-state index is 11.3. The minimum Gasteiger partial charge on any atom is -0.469 e. The van der Waals surface area contributed by atoms with Crippen LogP contribution in [0.3, 0.4) is 0 Å². The zero-order valence-electron chi connectivity index (χ0n) is 12.9. The molecule has 0 bridgehead atoms. The maximum atomic E-state index is 11.3. The second kappa shape index (κ2) is 10.6. The summed E-state index contributed by atoms with van der Waals surface area (Å²) in [6.07, 6.45) is 0.277. The van der Waals surface area contributed by atoms with Gasteiger partial charge in [0.2, 0.25) is 5.91 Å². The van der Waals surface area contributed by atoms with Crippen LogP contribution in [0.15, 0.2) is 4.99 Å². The number of guanidine groups is 1. The van der Waals surface area contributed by atoms with Crippen LogP contribution in [0.4, 0.5) is 0 Å². The van der Waals surface area contributed by atoms with Crippen LogP contribution in [0.25, 0.3) is 0 Å². The van der Waals surface area contributed by atoms with Crippen LogP contribution in [0.2, 0.25) is 0 Å². The van der Waals surface area contributed by atoms with Gasteiger partial charge in [-0.05, 0) is 6.92 Å². The predicted octanol–water partition coefficient (Wildman–Crippen LogP) is 0.297. The number of carbonyl (C=O) groups excluding carboxylic acids is 2. The van der Waals surface area contributed by atoms with Crippen LogP contribution < -0.4 is 5.32 Å². The van der Waals surface area contributed by atoms with Gasteiger partial charge < -0.3 is 19.9 Å². The van der Waals surface area contributed by atoms with Crippen molar-refractivity contribution in [1.82, 2.24) is 15.1 Å². The zero-order chi connectivity index (χ0) is 15.0. The van der Waals surface area contributed by atoms with Gasteiger partial charge in [0.1, 0.15) is 0 Å². The summed E-state index contributed by atoms with van der Waals surface area (Å²) < 4.78 is 4.59. The molecule has 1 heterocycles. The molecule has 1 fully saturated rings. The molecule has 21 heavy (non-hydrogen) atoms. The molecular formula is C13H25IN4O3. The van der Waals surface area contributed by atoms with Crippen molar-refractivity contribution in [3.8, 4) is 0 Å². The Hall–Kier alpha value is -1.06. The summed E-state index contributed by atoms with van der Waals surface area (Å²) in [6.45, 7) is 7.68. The van der Waals surface area contributed by atoms with E-state index in [0.717, 1.165) is 25.6 Å². The van der Waals surface area contributed by atoms with Crippen LogP contribution in [0, 0.1) is 0 Å². The summed E-state index contributed by atoms with van der Waals surface area (Å²) in [5.41, 5.74) is 0. The van der Waals surface area contributed by atoms with Crippen molar-refractivity contribution in [2.75, 3.05) is 46.4 Å². The first-order valence-electron chi connectivity index (χ1n) is 6.94. The van der Waals surface area contributed by atoms with Crippen LogP contribution in [-0.2, 0) is 14.3 Å². The van der Waals surface area contributed by atoms with Gasteiger partial charge >= 0.3 is 5.97 Å². The average molecular weight is 412 g/mol. The molecule has 1 aliphatic rings. The minimum absolute atomic E-state index is 0. The molecule has 122 valence electrons. The molecular weight excluding hydrogens is 387 g/mol. The van der Waals surface area contributed by atoms with E-state index in [1.165, 1.54) is 7.11 Å². The highest BCUT2D eigenvalue weighted by Crippen LogP contribution is 2.03. The van der Waals surface area contributed by atoms with E-state index in [1.807, 2.05) is 11.8 Å². The number of esters is 1. The third kappa shape index (κ3) is 6.96. The average Bonchev–Trinajstić information content (AvgIpc) is 2.46. The van der Waals surface area contributed by atoms with E-state index in [2.05, 4.69) is 19.9 Å². The fraction of sp³-hybridized carbons (Fsp3) is 0.769. The van der Waals surface area contributed by atoms with Gasteiger partial charge in [-0.2, -0.15) is 0 Å². The summed E-state index contributed by atoms with van der Waals surface area (Å²) in [6, 6.07) is 0. The quantitative estimate of drug-likeness (QED) is 0.311. The lowest BCUT2D eigenvalue weighted by atomic mass is 10.3. The molecule has 8 heteroatoms. The molecule has 1 saturated heterocycles. The number of aliphatic imine (C=N–C) groups is 1. The van der Waals surface area contributed by atoms with Gasteiger partial charge in [0.05, 0.1) is 20.1 Å². The molecule has 1 rings (SSSR count). The molecule has 0 saturated carbocycles. The molecule has 1 N–H and O–H groups in total. The molecule has 1 aliphatic heterocycles. The van der Waals surface area contributed by atoms with E-state index in [1.54, 1.807) is 6.92 Å². The Morgan fingerprint density at radius 1 is 1.19 bits per heavy atom. The van der Waals surface area contributed by atoms with Crippen molar-refractivity contribution in [3.63, 3.8) is 0 Å². The summed E-state index contributed by atoms with van der Waals surface area (Å²) in [5.74, 6) is 0.642. The zero-order valence-corrected chi connectivity index (χ0v) is 15.3. The molecule has 0 aromatic heterocycles. The van der Waals surface area contributed by atoms with Crippen molar-refractivity contribution in [2.45, 2.75) is 20.3 Å². The fourth-order valence-corrected chi connectivity index (χ4v) is 2.01. The lowest BCUT2D eigenvalue weighted by Crippen LogP contribution is -2.53. The van der Waals surface area contributed by atoms with Crippen molar-refractivity contribution >= 4 is 41.8 Å². The number of amides is 1. The van der Waals surface area contributed by atoms with Gasteiger partial charge in [-0.15, -0.1) is 24.0 Å². The monoisotopic (exact) mass is 412 g/mol. The maximum Gasteiger partial charge on any atom is 0.307 e. The topological polar surface area (TPSA) is 74.2 Å². The predicted molar refractivity (Wildman–Crippen MR) is 91.9 cm³/mol. The molecule has 0 spiro atoms. The molecule has 0 aliphatic carbocycles. The number of halogens is 1. The largest absolute Gasteiger partial charge is 0.469 e. The van der Waals surface area contributed by atoms with Gasteiger partial charge in [0.25, 0.3) is 0 Å². The second-order valence-corrected chi connectivity index (χ2v) is 4.55. The van der Waals surface area contributed by atoms with Crippen molar-refractivity contribution in [1.29, 1.82) is 0 Å². The number of carbonyl (C=O) groups is 2. The van der Waals surface area contributed by atoms with Gasteiger partial charge in [0.15, 0.2) is 5.96 Å². The molecule has 0 unspecified atom stereocenters. The van der Waals surface area contributed by atoms with Gasteiger partial charge in [-0.1, -0.05) is 0 Å². The summed E-state index contributed by atoms with van der Waals surface area (Å²) in [5, 5.41) is 3.21. The number of nitrogens with zero attached hydrogens (tertiary/aromatic N) is 3. The molecule has 0 aromatic carbocycles. The first-order chi connectivity index (χ1) is 9.58. The fourth-order valence-electron chi connectivity index (χ4n) is 2.01. The number of nitrogens with one attached hydrogen (secondary N) is 1. The normalized spacial score (nSPS) is 15.3. The van der Waals surface area contributed by atoms with E-state index in [4.69, 9.17) is 0 Å². The Bertz CT molecular complexity index is 368. The second-order valence-electron chi connectivity index (χ2n) is 4.55. The minimum atomic E-state index is -0.258. The summed E-state index contributed by atoms with van der Waals surface area (Å²) in [7, 11) is 1.37. The lowest BCUT2D eigenvalue weighted by molar-refractivity contribution is -0.140. The number of hydrogen-bond acceptors (Lipinski definition) is 4. The van der Waals surface area contributed by atoms with E-state index < -0.39 is 0 Å². The van der Waals surface area contributed by atoms with Gasteiger partial charge in [-0.3, -0.25) is 14.6 Å². The smallest absolute Gasteiger partial charge is 0.307 e. The third-order valence-corrected chi connectivity index (χ3v) is 3.16. The number of piperazine rings is 1. The van der Waals surface area contributed by atoms with E-state index in [9.17, 15) is 9.59 Å². The van der Waals surface area contributed by atoms with E-state index in [-0.39, 0.29) is 42.3 Å². The standard InChI is InChI=1S/C13H24N4O3.HI/c1-4-14-13(15-6-5-12(19)20-3)17-9-7-16(8-10-17)11(2)18;/h4-10H2,1-3H3,(H,14,15);1H. The number of hydrogen-bond donors (Lipinski definition) is 1. The van der Waals surface area contributed by atoms with Crippen LogP contribution in [0.5, 0.6) is 0 Å². The van der Waals surface area contributed by atoms with Crippen molar-refractivity contribution in [3.05, 3.63) is 0 Å². The van der Waals surface area contributed by atoms with Gasteiger partial charge in [0, 0.05) is 39.6 Å². The highest BCUT2D eigenvalue weighted by molar-refractivity contribution is 14.0. The molecule has 0 atom stereocenters. The Balaban J connectivity index is 0.00000400. The summed E-state index contributed by atoms with van der Waals surface area (Å²) >= 11 is 0. The molecule has 1 amide bonds. The van der Waals surface area contributed by atoms with Crippen LogP contribution in [-0.4, -0.2) is 74.0 Å². The Morgan fingerprint density at radius 3 is 2.24 bits per heavy atom. The number of rotatable bonds is 4. The molecule has 0 radical (unpaired) electrons. The lowest BCUT2D eigenvalue weighted by Gasteiger charge is -2.36. The highest BCUT2D eigenvalue weighted by Gasteiger charge is 2.20. The number of methoxy groups -OCH3 is 1. The molecule has 7 nitrogen and oxygen atoms in total. The van der Waals surface area contributed by atoms with Crippen LogP contribution >= 0.6 is 24.0 Å². The Kier molecular flexibility index (Phi) is 10.1. The van der Waals surface area contributed by atoms with Gasteiger partial charge in [-0.25, -0.2) is 0 Å². The Labute approximate surface area is 143 Å². The third-order valence-electron chi connectivity index (χ3n) is 3.16. The first-order valence-corrected chi connectivity index (χ1v) is 6.94. The highest BCUT2D eigenvalue weighted by atomic mass is 127. The van der Waals surface area contributed by atoms with Crippen LogP contribution in [0.1, 0.15) is 20.3 Å². The van der Waals surface area contributed by atoms with E-state index in [0.29, 0.717) is 19.6 Å². The Morgan fingerprint density at radius 2 is 1.76 bits per heavy atom. The van der Waals surface area contributed by atoms with Crippen molar-refractivity contribution in [2.24, 2.45) is 4.99 Å². The first kappa shape index (κ1) is 19.9. The SMILES string of the molecule is CCNC(=NCCC(=O)OC)N1CCN(C(C)=O)CC1.I.